The van der Waals surface area contributed by atoms with Gasteiger partial charge in [-0.05, 0) is 31.6 Å². The smallest absolute Gasteiger partial charge is 0.278 e. The number of nitrogens with one attached hydrogen (secondary N) is 1. The number of piperidine rings is 1. The Morgan fingerprint density at radius 1 is 1.28 bits per heavy atom. The number of carboxylic acid groups (broad SMARTS) is 1. The van der Waals surface area contributed by atoms with Crippen LogP contribution in [-0.4, -0.2) is 49.0 Å². The summed E-state index contributed by atoms with van der Waals surface area (Å²) in [5.74, 6) is -0.374. The number of carboxylic acids is 1. The zero-order chi connectivity index (χ0) is 13.1. The van der Waals surface area contributed by atoms with Crippen LogP contribution < -0.4 is 10.0 Å². The average molecular weight is 254 g/mol. The van der Waals surface area contributed by atoms with Gasteiger partial charge in [-0.1, -0.05) is 6.92 Å². The number of quaternary nitrogens is 1. The van der Waals surface area contributed by atoms with Gasteiger partial charge < -0.3 is 19.7 Å². The van der Waals surface area contributed by atoms with Crippen molar-refractivity contribution in [1.82, 2.24) is 4.90 Å². The predicted molar refractivity (Wildman–Crippen MR) is 63.7 cm³/mol. The van der Waals surface area contributed by atoms with Crippen LogP contribution in [0.25, 0.3) is 0 Å². The maximum Gasteiger partial charge on any atom is 0.278 e. The number of amides is 1. The molecule has 102 valence electrons. The minimum absolute atomic E-state index is 0.0220. The second-order valence-electron chi connectivity index (χ2n) is 5.67. The molecule has 0 saturated carbocycles. The van der Waals surface area contributed by atoms with Gasteiger partial charge in [-0.15, -0.1) is 0 Å². The normalized spacial score (nSPS) is 32.5. The monoisotopic (exact) mass is 254 g/mol. The number of hydrogen-bond donors (Lipinski definition) is 1. The van der Waals surface area contributed by atoms with E-state index in [1.54, 1.807) is 0 Å². The second kappa shape index (κ2) is 5.69. The molecule has 1 N–H and O–H groups in total. The Morgan fingerprint density at radius 3 is 2.56 bits per heavy atom. The predicted octanol–water partition coefficient (Wildman–Crippen LogP) is -1.96. The SMILES string of the molecule is CC1CC[NH+](CC(=O)N2CCC[C@H]2C(=O)[O-])CC1. The van der Waals surface area contributed by atoms with Crippen LogP contribution in [0.4, 0.5) is 0 Å². The van der Waals surface area contributed by atoms with Gasteiger partial charge in [0.1, 0.15) is 0 Å². The van der Waals surface area contributed by atoms with E-state index in [-0.39, 0.29) is 5.91 Å². The summed E-state index contributed by atoms with van der Waals surface area (Å²) in [4.78, 5) is 25.9. The van der Waals surface area contributed by atoms with Crippen molar-refractivity contribution in [3.05, 3.63) is 0 Å². The molecule has 1 atom stereocenters. The first-order chi connectivity index (χ1) is 8.58. The van der Waals surface area contributed by atoms with Gasteiger partial charge in [0.2, 0.25) is 0 Å². The van der Waals surface area contributed by atoms with E-state index in [0.717, 1.165) is 38.3 Å². The lowest BCUT2D eigenvalue weighted by molar-refractivity contribution is -0.898. The molecule has 0 bridgehead atoms. The minimum Gasteiger partial charge on any atom is -0.548 e. The van der Waals surface area contributed by atoms with E-state index in [0.29, 0.717) is 19.5 Å². The first kappa shape index (κ1) is 13.3. The Bertz CT molecular complexity index is 324. The van der Waals surface area contributed by atoms with Gasteiger partial charge in [-0.2, -0.15) is 0 Å². The largest absolute Gasteiger partial charge is 0.548 e. The van der Waals surface area contributed by atoms with Crippen molar-refractivity contribution in [3.63, 3.8) is 0 Å². The summed E-state index contributed by atoms with van der Waals surface area (Å²) < 4.78 is 0. The molecule has 18 heavy (non-hydrogen) atoms. The summed E-state index contributed by atoms with van der Waals surface area (Å²) in [7, 11) is 0. The van der Waals surface area contributed by atoms with Gasteiger partial charge >= 0.3 is 0 Å². The van der Waals surface area contributed by atoms with Crippen molar-refractivity contribution in [3.8, 4) is 0 Å². The molecule has 0 unspecified atom stereocenters. The molecule has 1 amide bonds. The Balaban J connectivity index is 1.86. The van der Waals surface area contributed by atoms with E-state index >= 15 is 0 Å². The summed E-state index contributed by atoms with van der Waals surface area (Å²) in [6.45, 7) is 5.30. The van der Waals surface area contributed by atoms with Gasteiger partial charge in [-0.3, -0.25) is 4.79 Å². The zero-order valence-electron chi connectivity index (χ0n) is 11.0. The molecule has 0 radical (unpaired) electrons. The van der Waals surface area contributed by atoms with Crippen LogP contribution in [0.3, 0.4) is 0 Å². The number of aliphatic carboxylic acids is 1. The van der Waals surface area contributed by atoms with E-state index in [4.69, 9.17) is 0 Å². The molecule has 2 heterocycles. The standard InChI is InChI=1S/C13H22N2O3/c1-10-4-7-14(8-5-10)9-12(16)15-6-2-3-11(15)13(17)18/h10-11H,2-9H2,1H3,(H,17,18)/t11-/m0/s1. The molecule has 0 aromatic carbocycles. The Morgan fingerprint density at radius 2 is 1.94 bits per heavy atom. The first-order valence-electron chi connectivity index (χ1n) is 6.92. The lowest BCUT2D eigenvalue weighted by Crippen LogP contribution is -3.14. The van der Waals surface area contributed by atoms with E-state index in [2.05, 4.69) is 6.92 Å². The highest BCUT2D eigenvalue weighted by Crippen LogP contribution is 2.16. The van der Waals surface area contributed by atoms with Crippen molar-refractivity contribution < 1.29 is 19.6 Å². The molecule has 0 aromatic rings. The highest BCUT2D eigenvalue weighted by Gasteiger charge is 2.32. The number of hydrogen-bond acceptors (Lipinski definition) is 3. The molecule has 5 nitrogen and oxygen atoms in total. The zero-order valence-corrected chi connectivity index (χ0v) is 11.0. The fourth-order valence-corrected chi connectivity index (χ4v) is 2.97. The highest BCUT2D eigenvalue weighted by molar-refractivity contribution is 5.84. The average Bonchev–Trinajstić information content (AvgIpc) is 2.81. The third kappa shape index (κ3) is 3.02. The molecule has 2 saturated heterocycles. The maximum atomic E-state index is 12.1. The summed E-state index contributed by atoms with van der Waals surface area (Å²) in [6.07, 6.45) is 3.64. The van der Waals surface area contributed by atoms with Crippen molar-refractivity contribution >= 4 is 11.9 Å². The van der Waals surface area contributed by atoms with Gasteiger partial charge in [0, 0.05) is 6.54 Å². The van der Waals surface area contributed by atoms with Crippen LogP contribution in [0, 0.1) is 5.92 Å². The van der Waals surface area contributed by atoms with Crippen molar-refractivity contribution in [2.45, 2.75) is 38.6 Å². The molecule has 2 fully saturated rings. The van der Waals surface area contributed by atoms with Gasteiger partial charge in [0.05, 0.1) is 25.1 Å². The second-order valence-corrected chi connectivity index (χ2v) is 5.67. The van der Waals surface area contributed by atoms with Crippen LogP contribution in [0.1, 0.15) is 32.6 Å². The molecule has 0 spiro atoms. The highest BCUT2D eigenvalue weighted by atomic mass is 16.4. The summed E-state index contributed by atoms with van der Waals surface area (Å²) in [5, 5.41) is 10.9. The lowest BCUT2D eigenvalue weighted by Gasteiger charge is -2.30. The number of rotatable bonds is 3. The van der Waals surface area contributed by atoms with Crippen LogP contribution >= 0.6 is 0 Å². The minimum atomic E-state index is -1.11. The van der Waals surface area contributed by atoms with Gasteiger partial charge in [0.25, 0.3) is 5.91 Å². The quantitative estimate of drug-likeness (QED) is 0.636. The van der Waals surface area contributed by atoms with Crippen LogP contribution in [0.15, 0.2) is 0 Å². The van der Waals surface area contributed by atoms with Crippen molar-refractivity contribution in [2.75, 3.05) is 26.2 Å². The number of carbonyl (C=O) groups excluding carboxylic acids is 2. The number of likely N-dealkylation sites (tertiary alicyclic amines) is 2. The third-order valence-electron chi connectivity index (χ3n) is 4.23. The Hall–Kier alpha value is -1.10. The molecule has 2 rings (SSSR count). The van der Waals surface area contributed by atoms with Crippen molar-refractivity contribution in [1.29, 1.82) is 0 Å². The first-order valence-corrected chi connectivity index (χ1v) is 6.92. The van der Waals surface area contributed by atoms with E-state index in [1.165, 1.54) is 9.80 Å². The van der Waals surface area contributed by atoms with Crippen LogP contribution in [0.2, 0.25) is 0 Å². The van der Waals surface area contributed by atoms with Crippen LogP contribution in [-0.2, 0) is 9.59 Å². The van der Waals surface area contributed by atoms with Gasteiger partial charge in [0.15, 0.2) is 6.54 Å². The molecular weight excluding hydrogens is 232 g/mol. The summed E-state index contributed by atoms with van der Waals surface area (Å²) >= 11 is 0. The van der Waals surface area contributed by atoms with Crippen LogP contribution in [0.5, 0.6) is 0 Å². The Kier molecular flexibility index (Phi) is 4.22. The maximum absolute atomic E-state index is 12.1. The third-order valence-corrected chi connectivity index (χ3v) is 4.23. The molecule has 0 aromatic heterocycles. The fourth-order valence-electron chi connectivity index (χ4n) is 2.97. The summed E-state index contributed by atoms with van der Waals surface area (Å²) in [5.41, 5.74) is 0. The summed E-state index contributed by atoms with van der Waals surface area (Å²) in [6, 6.07) is -0.694. The molecule has 0 aliphatic carbocycles. The van der Waals surface area contributed by atoms with E-state index in [1.807, 2.05) is 0 Å². The molecule has 2 aliphatic rings. The van der Waals surface area contributed by atoms with Gasteiger partial charge in [-0.25, -0.2) is 0 Å². The Labute approximate surface area is 108 Å². The number of carbonyl (C=O) groups is 2. The van der Waals surface area contributed by atoms with Crippen molar-refractivity contribution in [2.24, 2.45) is 5.92 Å². The topological polar surface area (TPSA) is 64.9 Å². The van der Waals surface area contributed by atoms with E-state index < -0.39 is 12.0 Å². The fraction of sp³-hybridized carbons (Fsp3) is 0.846. The van der Waals surface area contributed by atoms with E-state index in [9.17, 15) is 14.7 Å². The lowest BCUT2D eigenvalue weighted by atomic mass is 9.99. The molecule has 5 heteroatoms. The number of nitrogens with zero attached hydrogens (tertiary/aromatic N) is 1. The molecular formula is C13H22N2O3. The molecule has 2 aliphatic heterocycles.